The van der Waals surface area contributed by atoms with Gasteiger partial charge in [0.2, 0.25) is 5.76 Å². The number of furan rings is 1. The predicted molar refractivity (Wildman–Crippen MR) is 118 cm³/mol. The summed E-state index contributed by atoms with van der Waals surface area (Å²) in [6.07, 6.45) is 1.55. The van der Waals surface area contributed by atoms with Crippen LogP contribution in [0.2, 0.25) is 0 Å². The molecule has 0 aliphatic rings. The molecule has 0 bridgehead atoms. The zero-order valence-corrected chi connectivity index (χ0v) is 16.8. The van der Waals surface area contributed by atoms with Crippen molar-refractivity contribution in [2.24, 2.45) is 0 Å². The highest BCUT2D eigenvalue weighted by Gasteiger charge is 2.23. The molecule has 6 heteroatoms. The van der Waals surface area contributed by atoms with E-state index >= 15 is 0 Å². The molecule has 0 unspecified atom stereocenters. The van der Waals surface area contributed by atoms with Crippen LogP contribution in [0, 0.1) is 0 Å². The van der Waals surface area contributed by atoms with Crippen LogP contribution in [0.25, 0.3) is 22.3 Å². The van der Waals surface area contributed by atoms with Gasteiger partial charge in [-0.05, 0) is 35.4 Å². The van der Waals surface area contributed by atoms with Crippen LogP contribution in [0.5, 0.6) is 5.75 Å². The van der Waals surface area contributed by atoms with Crippen molar-refractivity contribution in [2.75, 3.05) is 7.11 Å². The highest BCUT2D eigenvalue weighted by atomic mass is 16.5. The largest absolute Gasteiger partial charge is 0.497 e. The van der Waals surface area contributed by atoms with E-state index in [1.54, 1.807) is 37.6 Å². The molecule has 0 spiro atoms. The highest BCUT2D eigenvalue weighted by Crippen LogP contribution is 2.36. The van der Waals surface area contributed by atoms with Crippen molar-refractivity contribution in [1.29, 1.82) is 0 Å². The maximum Gasteiger partial charge on any atom is 0.306 e. The molecule has 2 amide bonds. The number of hydrogen-bond donors (Lipinski definition) is 2. The molecule has 0 atom stereocenters. The van der Waals surface area contributed by atoms with Gasteiger partial charge in [-0.25, -0.2) is 0 Å². The third kappa shape index (κ3) is 4.33. The maximum absolute atomic E-state index is 12.9. The normalized spacial score (nSPS) is 10.4. The minimum atomic E-state index is -0.553. The number of ether oxygens (including phenoxy) is 1. The van der Waals surface area contributed by atoms with E-state index in [2.05, 4.69) is 10.9 Å². The Bertz CT molecular complexity index is 1180. The minimum Gasteiger partial charge on any atom is -0.497 e. The molecule has 31 heavy (non-hydrogen) atoms. The summed E-state index contributed by atoms with van der Waals surface area (Å²) in [6.45, 7) is 0. The number of methoxy groups -OCH3 is 1. The summed E-state index contributed by atoms with van der Waals surface area (Å²) >= 11 is 0. The van der Waals surface area contributed by atoms with Gasteiger partial charge in [0.25, 0.3) is 5.91 Å². The zero-order valence-electron chi connectivity index (χ0n) is 16.8. The van der Waals surface area contributed by atoms with Crippen molar-refractivity contribution in [3.63, 3.8) is 0 Å². The molecule has 0 aliphatic heterocycles. The molecule has 1 aromatic heterocycles. The molecule has 0 saturated carbocycles. The van der Waals surface area contributed by atoms with Gasteiger partial charge in [-0.1, -0.05) is 60.7 Å². The molecule has 6 nitrogen and oxygen atoms in total. The lowest BCUT2D eigenvalue weighted by atomic mass is 9.96. The smallest absolute Gasteiger partial charge is 0.306 e. The van der Waals surface area contributed by atoms with Gasteiger partial charge in [0, 0.05) is 16.7 Å². The molecule has 154 valence electrons. The van der Waals surface area contributed by atoms with E-state index in [0.29, 0.717) is 16.9 Å². The minimum absolute atomic E-state index is 0.111. The second-order valence-corrected chi connectivity index (χ2v) is 6.72. The first-order valence-corrected chi connectivity index (χ1v) is 9.64. The van der Waals surface area contributed by atoms with Gasteiger partial charge in [0.05, 0.1) is 13.4 Å². The first kappa shape index (κ1) is 20.0. The van der Waals surface area contributed by atoms with Crippen LogP contribution in [-0.2, 0) is 0 Å². The molecule has 1 heterocycles. The molecule has 4 aromatic rings. The fourth-order valence-electron chi connectivity index (χ4n) is 3.23. The second-order valence-electron chi connectivity index (χ2n) is 6.72. The summed E-state index contributed by atoms with van der Waals surface area (Å²) < 4.78 is 10.7. The summed E-state index contributed by atoms with van der Waals surface area (Å²) in [7, 11) is 1.55. The third-order valence-electron chi connectivity index (χ3n) is 4.79. The Morgan fingerprint density at radius 2 is 1.32 bits per heavy atom. The number of amides is 2. The van der Waals surface area contributed by atoms with Crippen LogP contribution in [0.1, 0.15) is 20.9 Å². The number of benzene rings is 3. The van der Waals surface area contributed by atoms with Gasteiger partial charge in [0.1, 0.15) is 5.75 Å². The second kappa shape index (κ2) is 9.00. The molecule has 2 N–H and O–H groups in total. The molecule has 0 aliphatic carbocycles. The van der Waals surface area contributed by atoms with E-state index < -0.39 is 11.8 Å². The van der Waals surface area contributed by atoms with E-state index in [1.807, 2.05) is 60.7 Å². The fraction of sp³-hybridized carbons (Fsp3) is 0.0400. The summed E-state index contributed by atoms with van der Waals surface area (Å²) in [6, 6.07) is 25.7. The number of nitrogens with one attached hydrogen (secondary N) is 2. The molecular weight excluding hydrogens is 392 g/mol. The van der Waals surface area contributed by atoms with E-state index in [1.165, 1.54) is 0 Å². The monoisotopic (exact) mass is 412 g/mol. The number of carbonyl (C=O) groups is 2. The van der Waals surface area contributed by atoms with Crippen molar-refractivity contribution in [3.8, 4) is 28.0 Å². The standard InChI is InChI=1S/C25H20N2O4/c1-30-20-14-12-19(13-15-20)24(28)26-27-25(29)23-22(18-10-6-3-7-11-18)21(16-31-23)17-8-4-2-5-9-17/h2-16H,1H3,(H,26,28)(H,27,29). The Morgan fingerprint density at radius 3 is 1.94 bits per heavy atom. The number of hydrazine groups is 1. The zero-order chi connectivity index (χ0) is 21.6. The lowest BCUT2D eigenvalue weighted by Crippen LogP contribution is -2.41. The van der Waals surface area contributed by atoms with Gasteiger partial charge in [0.15, 0.2) is 0 Å². The average Bonchev–Trinajstić information content (AvgIpc) is 3.29. The Hall–Kier alpha value is -4.32. The number of rotatable bonds is 5. The van der Waals surface area contributed by atoms with Crippen molar-refractivity contribution >= 4 is 11.8 Å². The molecule has 0 radical (unpaired) electrons. The van der Waals surface area contributed by atoms with E-state index in [4.69, 9.17) is 9.15 Å². The van der Waals surface area contributed by atoms with Gasteiger partial charge in [-0.2, -0.15) is 0 Å². The topological polar surface area (TPSA) is 80.6 Å². The molecular formula is C25H20N2O4. The Morgan fingerprint density at radius 1 is 0.742 bits per heavy atom. The van der Waals surface area contributed by atoms with Crippen molar-refractivity contribution in [2.45, 2.75) is 0 Å². The van der Waals surface area contributed by atoms with E-state index in [-0.39, 0.29) is 5.76 Å². The maximum atomic E-state index is 12.9. The van der Waals surface area contributed by atoms with Crippen molar-refractivity contribution in [1.82, 2.24) is 10.9 Å². The lowest BCUT2D eigenvalue weighted by Gasteiger charge is -2.09. The van der Waals surface area contributed by atoms with E-state index in [9.17, 15) is 9.59 Å². The van der Waals surface area contributed by atoms with Crippen LogP contribution in [-0.4, -0.2) is 18.9 Å². The van der Waals surface area contributed by atoms with Gasteiger partial charge in [-0.15, -0.1) is 0 Å². The first-order chi connectivity index (χ1) is 15.2. The predicted octanol–water partition coefficient (Wildman–Crippen LogP) is 4.70. The van der Waals surface area contributed by atoms with Gasteiger partial charge < -0.3 is 9.15 Å². The van der Waals surface area contributed by atoms with Crippen LogP contribution < -0.4 is 15.6 Å². The first-order valence-electron chi connectivity index (χ1n) is 9.64. The molecule has 0 fully saturated rings. The summed E-state index contributed by atoms with van der Waals surface area (Å²) in [5.41, 5.74) is 8.45. The quantitative estimate of drug-likeness (QED) is 0.466. The summed E-state index contributed by atoms with van der Waals surface area (Å²) in [5.74, 6) is -0.257. The Labute approximate surface area is 179 Å². The van der Waals surface area contributed by atoms with E-state index in [0.717, 1.165) is 16.7 Å². The third-order valence-corrected chi connectivity index (χ3v) is 4.79. The van der Waals surface area contributed by atoms with Gasteiger partial charge >= 0.3 is 5.91 Å². The fourth-order valence-corrected chi connectivity index (χ4v) is 3.23. The van der Waals surface area contributed by atoms with Crippen LogP contribution in [0.3, 0.4) is 0 Å². The SMILES string of the molecule is COc1ccc(C(=O)NNC(=O)c2occ(-c3ccccc3)c2-c2ccccc2)cc1. The molecule has 4 rings (SSSR count). The highest BCUT2D eigenvalue weighted by molar-refractivity contribution is 6.04. The number of hydrogen-bond acceptors (Lipinski definition) is 4. The van der Waals surface area contributed by atoms with Crippen LogP contribution in [0.15, 0.2) is 95.6 Å². The van der Waals surface area contributed by atoms with Crippen molar-refractivity contribution < 1.29 is 18.7 Å². The van der Waals surface area contributed by atoms with Crippen LogP contribution in [0.4, 0.5) is 0 Å². The van der Waals surface area contributed by atoms with Crippen LogP contribution >= 0.6 is 0 Å². The average molecular weight is 412 g/mol. The van der Waals surface area contributed by atoms with Gasteiger partial charge in [-0.3, -0.25) is 20.4 Å². The Balaban J connectivity index is 1.59. The number of carbonyl (C=O) groups excluding carboxylic acids is 2. The molecule has 0 saturated heterocycles. The Kier molecular flexibility index (Phi) is 5.80. The summed E-state index contributed by atoms with van der Waals surface area (Å²) in [5, 5.41) is 0. The lowest BCUT2D eigenvalue weighted by molar-refractivity contribution is 0.0831. The molecule has 3 aromatic carbocycles. The van der Waals surface area contributed by atoms with Crippen molar-refractivity contribution in [3.05, 3.63) is 103 Å². The summed E-state index contributed by atoms with van der Waals surface area (Å²) in [4.78, 5) is 25.2.